The number of amides is 1. The van der Waals surface area contributed by atoms with Crippen molar-refractivity contribution in [2.75, 3.05) is 13.1 Å². The van der Waals surface area contributed by atoms with Crippen molar-refractivity contribution in [3.63, 3.8) is 0 Å². The summed E-state index contributed by atoms with van der Waals surface area (Å²) in [6.07, 6.45) is 2.60. The van der Waals surface area contributed by atoms with Gasteiger partial charge in [-0.25, -0.2) is 4.99 Å². The van der Waals surface area contributed by atoms with Crippen molar-refractivity contribution in [2.24, 2.45) is 10.7 Å². The lowest BCUT2D eigenvalue weighted by Crippen LogP contribution is -2.32. The van der Waals surface area contributed by atoms with Gasteiger partial charge in [0.05, 0.1) is 6.54 Å². The minimum Gasteiger partial charge on any atom is -0.370 e. The van der Waals surface area contributed by atoms with E-state index in [-0.39, 0.29) is 5.91 Å². The maximum Gasteiger partial charge on any atom is 0.251 e. The lowest BCUT2D eigenvalue weighted by Gasteiger charge is -2.16. The molecule has 0 unspecified atom stereocenters. The Bertz CT molecular complexity index is 522. The Balaban J connectivity index is 2.07. The Hall–Kier alpha value is -2.30. The molecule has 0 spiro atoms. The molecule has 1 aromatic carbocycles. The highest BCUT2D eigenvalue weighted by molar-refractivity contribution is 5.96. The van der Waals surface area contributed by atoms with E-state index in [2.05, 4.69) is 22.2 Å². The van der Waals surface area contributed by atoms with Gasteiger partial charge in [0.15, 0.2) is 5.96 Å². The van der Waals surface area contributed by atoms with E-state index in [4.69, 9.17) is 5.73 Å². The van der Waals surface area contributed by atoms with E-state index >= 15 is 0 Å². The topological polar surface area (TPSA) is 79.5 Å². The first-order chi connectivity index (χ1) is 9.20. The summed E-state index contributed by atoms with van der Waals surface area (Å²) < 4.78 is 0. The molecule has 0 atom stereocenters. The quantitative estimate of drug-likeness (QED) is 0.419. The molecule has 0 saturated carbocycles. The Labute approximate surface area is 112 Å². The van der Waals surface area contributed by atoms with Gasteiger partial charge in [-0.05, 0) is 23.6 Å². The van der Waals surface area contributed by atoms with Crippen molar-refractivity contribution in [3.05, 3.63) is 47.5 Å². The fourth-order valence-corrected chi connectivity index (χ4v) is 1.97. The number of hydrogen-bond donors (Lipinski definition) is 3. The number of nitrogens with one attached hydrogen (secondary N) is 2. The molecule has 1 aromatic rings. The molecular weight excluding hydrogens is 240 g/mol. The molecule has 0 aliphatic carbocycles. The van der Waals surface area contributed by atoms with Gasteiger partial charge in [-0.3, -0.25) is 4.79 Å². The highest BCUT2D eigenvalue weighted by atomic mass is 16.1. The van der Waals surface area contributed by atoms with Crippen LogP contribution in [-0.2, 0) is 13.0 Å². The van der Waals surface area contributed by atoms with Crippen LogP contribution in [0.1, 0.15) is 21.5 Å². The number of nitrogens with zero attached hydrogens (tertiary/aromatic N) is 1. The summed E-state index contributed by atoms with van der Waals surface area (Å²) in [5.41, 5.74) is 8.49. The van der Waals surface area contributed by atoms with Crippen molar-refractivity contribution >= 4 is 11.9 Å². The lowest BCUT2D eigenvalue weighted by atomic mass is 9.98. The molecule has 1 aliphatic heterocycles. The summed E-state index contributed by atoms with van der Waals surface area (Å²) in [5.74, 6) is 0.368. The van der Waals surface area contributed by atoms with Gasteiger partial charge < -0.3 is 16.4 Å². The van der Waals surface area contributed by atoms with Crippen LogP contribution in [0.25, 0.3) is 0 Å². The van der Waals surface area contributed by atoms with Crippen LogP contribution in [0.4, 0.5) is 0 Å². The molecule has 0 aromatic heterocycles. The summed E-state index contributed by atoms with van der Waals surface area (Å²) in [5, 5.41) is 5.74. The van der Waals surface area contributed by atoms with E-state index in [0.29, 0.717) is 25.6 Å². The van der Waals surface area contributed by atoms with Crippen LogP contribution in [-0.4, -0.2) is 25.0 Å². The van der Waals surface area contributed by atoms with Crippen LogP contribution in [0.2, 0.25) is 0 Å². The number of fused-ring (bicyclic) bond motifs is 1. The second kappa shape index (κ2) is 6.04. The number of rotatable bonds is 4. The van der Waals surface area contributed by atoms with Crippen molar-refractivity contribution in [2.45, 2.75) is 13.0 Å². The highest BCUT2D eigenvalue weighted by Crippen LogP contribution is 2.16. The summed E-state index contributed by atoms with van der Waals surface area (Å²) in [6.45, 7) is 5.34. The van der Waals surface area contributed by atoms with Gasteiger partial charge in [-0.1, -0.05) is 18.2 Å². The molecule has 19 heavy (non-hydrogen) atoms. The van der Waals surface area contributed by atoms with Gasteiger partial charge in [0.25, 0.3) is 5.91 Å². The third kappa shape index (κ3) is 3.34. The van der Waals surface area contributed by atoms with E-state index in [1.54, 1.807) is 6.08 Å². The molecule has 5 heteroatoms. The number of hydrogen-bond acceptors (Lipinski definition) is 2. The van der Waals surface area contributed by atoms with E-state index in [9.17, 15) is 4.79 Å². The minimum atomic E-state index is -0.00941. The average Bonchev–Trinajstić information content (AvgIpc) is 2.43. The number of carbonyl (C=O) groups is 1. The summed E-state index contributed by atoms with van der Waals surface area (Å²) in [6, 6.07) is 5.86. The predicted octanol–water partition coefficient (Wildman–Crippen LogP) is 0.563. The predicted molar refractivity (Wildman–Crippen MR) is 76.0 cm³/mol. The molecule has 0 radical (unpaired) electrons. The highest BCUT2D eigenvalue weighted by Gasteiger charge is 2.16. The molecule has 100 valence electrons. The third-order valence-electron chi connectivity index (χ3n) is 2.96. The normalized spacial score (nSPS) is 14.5. The summed E-state index contributed by atoms with van der Waals surface area (Å²) in [7, 11) is 0. The first-order valence-electron chi connectivity index (χ1n) is 6.25. The standard InChI is InChI=1S/C14H18N4O/c1-2-6-17-14(15)18-9-10-3-4-11-5-7-16-13(19)12(11)8-10/h2-4,8H,1,5-7,9H2,(H,16,19)(H3,15,17,18). The van der Waals surface area contributed by atoms with Crippen LogP contribution in [0.15, 0.2) is 35.8 Å². The number of guanidine groups is 1. The largest absolute Gasteiger partial charge is 0.370 e. The van der Waals surface area contributed by atoms with Crippen LogP contribution in [0, 0.1) is 0 Å². The molecule has 0 saturated heterocycles. The van der Waals surface area contributed by atoms with Gasteiger partial charge in [0.1, 0.15) is 0 Å². The van der Waals surface area contributed by atoms with E-state index < -0.39 is 0 Å². The van der Waals surface area contributed by atoms with Crippen LogP contribution in [0.5, 0.6) is 0 Å². The van der Waals surface area contributed by atoms with Gasteiger partial charge in [-0.2, -0.15) is 0 Å². The van der Waals surface area contributed by atoms with Crippen LogP contribution >= 0.6 is 0 Å². The second-order valence-corrected chi connectivity index (χ2v) is 4.37. The number of benzene rings is 1. The van der Waals surface area contributed by atoms with Crippen molar-refractivity contribution in [1.82, 2.24) is 10.6 Å². The van der Waals surface area contributed by atoms with Gasteiger partial charge >= 0.3 is 0 Å². The number of aliphatic imine (C=N–C) groups is 1. The Morgan fingerprint density at radius 2 is 2.42 bits per heavy atom. The average molecular weight is 258 g/mol. The number of carbonyl (C=O) groups excluding carboxylic acids is 1. The Kier molecular flexibility index (Phi) is 4.18. The second-order valence-electron chi connectivity index (χ2n) is 4.37. The van der Waals surface area contributed by atoms with Gasteiger partial charge in [-0.15, -0.1) is 6.58 Å². The van der Waals surface area contributed by atoms with Crippen molar-refractivity contribution in [3.8, 4) is 0 Å². The summed E-state index contributed by atoms with van der Waals surface area (Å²) in [4.78, 5) is 15.9. The minimum absolute atomic E-state index is 0.00941. The SMILES string of the molecule is C=CCNC(N)=NCc1ccc2c(c1)C(=O)NCC2. The first kappa shape index (κ1) is 13.1. The maximum atomic E-state index is 11.7. The molecule has 1 heterocycles. The maximum absolute atomic E-state index is 11.7. The van der Waals surface area contributed by atoms with Gasteiger partial charge in [0, 0.05) is 18.7 Å². The van der Waals surface area contributed by atoms with Gasteiger partial charge in [0.2, 0.25) is 0 Å². The fraction of sp³-hybridized carbons (Fsp3) is 0.286. The van der Waals surface area contributed by atoms with E-state index in [1.807, 2.05) is 18.2 Å². The molecule has 1 amide bonds. The zero-order valence-electron chi connectivity index (χ0n) is 10.8. The molecule has 4 N–H and O–H groups in total. The monoisotopic (exact) mass is 258 g/mol. The number of nitrogens with two attached hydrogens (primary N) is 1. The third-order valence-corrected chi connectivity index (χ3v) is 2.96. The summed E-state index contributed by atoms with van der Waals surface area (Å²) >= 11 is 0. The van der Waals surface area contributed by atoms with E-state index in [1.165, 1.54) is 0 Å². The first-order valence-corrected chi connectivity index (χ1v) is 6.25. The molecule has 0 bridgehead atoms. The molecule has 2 rings (SSSR count). The Morgan fingerprint density at radius 3 is 3.21 bits per heavy atom. The molecule has 5 nitrogen and oxygen atoms in total. The van der Waals surface area contributed by atoms with Crippen LogP contribution in [0.3, 0.4) is 0 Å². The van der Waals surface area contributed by atoms with Crippen molar-refractivity contribution in [1.29, 1.82) is 0 Å². The van der Waals surface area contributed by atoms with E-state index in [0.717, 1.165) is 23.1 Å². The zero-order valence-corrected chi connectivity index (χ0v) is 10.8. The smallest absolute Gasteiger partial charge is 0.251 e. The Morgan fingerprint density at radius 1 is 1.58 bits per heavy atom. The molecular formula is C14H18N4O. The zero-order chi connectivity index (χ0) is 13.7. The molecule has 0 fully saturated rings. The molecule has 1 aliphatic rings. The lowest BCUT2D eigenvalue weighted by molar-refractivity contribution is 0.0946. The van der Waals surface area contributed by atoms with Crippen molar-refractivity contribution < 1.29 is 4.79 Å². The fourth-order valence-electron chi connectivity index (χ4n) is 1.97. The van der Waals surface area contributed by atoms with Crippen LogP contribution < -0.4 is 16.4 Å².